The Morgan fingerprint density at radius 3 is 2.16 bits per heavy atom. The third-order valence-corrected chi connectivity index (χ3v) is 7.43. The predicted molar refractivity (Wildman–Crippen MR) is 161 cm³/mol. The summed E-state index contributed by atoms with van der Waals surface area (Å²) in [5.41, 5.74) is -0.591. The van der Waals surface area contributed by atoms with Crippen LogP contribution in [0.1, 0.15) is 97.8 Å². The number of unbranched alkanes of at least 4 members (excludes halogenated alkanes) is 5. The van der Waals surface area contributed by atoms with Gasteiger partial charge in [0.15, 0.2) is 13.1 Å². The van der Waals surface area contributed by atoms with Crippen LogP contribution in [0.2, 0.25) is 0 Å². The van der Waals surface area contributed by atoms with Gasteiger partial charge in [0, 0.05) is 30.7 Å². The molecule has 0 radical (unpaired) electrons. The first kappa shape index (κ1) is 39.6. The van der Waals surface area contributed by atoms with Crippen molar-refractivity contribution in [2.24, 2.45) is 10.4 Å². The van der Waals surface area contributed by atoms with Crippen LogP contribution >= 0.6 is 0 Å². The lowest BCUT2D eigenvalue weighted by molar-refractivity contribution is -0.565. The minimum atomic E-state index is -1.31. The second kappa shape index (κ2) is 22.2. The monoisotopic (exact) mass is 614 g/mol. The van der Waals surface area contributed by atoms with Crippen molar-refractivity contribution in [3.63, 3.8) is 0 Å². The smallest absolute Gasteiger partial charge is 0.326 e. The van der Waals surface area contributed by atoms with Crippen LogP contribution in [-0.4, -0.2) is 101 Å². The summed E-state index contributed by atoms with van der Waals surface area (Å²) in [5, 5.41) is 35.4. The molecular weight excluding hydrogens is 562 g/mol. The fraction of sp³-hybridized carbons (Fsp3) is 0.793. The largest absolute Gasteiger partial charge is 0.481 e. The Labute approximate surface area is 254 Å². The van der Waals surface area contributed by atoms with E-state index < -0.39 is 59.8 Å². The van der Waals surface area contributed by atoms with Crippen molar-refractivity contribution in [1.29, 1.82) is 0 Å². The van der Waals surface area contributed by atoms with E-state index in [0.717, 1.165) is 24.0 Å². The summed E-state index contributed by atoms with van der Waals surface area (Å²) in [7, 11) is 0. The van der Waals surface area contributed by atoms with Gasteiger partial charge in [-0.05, 0) is 37.7 Å². The molecule has 246 valence electrons. The van der Waals surface area contributed by atoms with Crippen LogP contribution in [0.4, 0.5) is 0 Å². The number of hydrogen-bond donors (Lipinski definition) is 6. The average Bonchev–Trinajstić information content (AvgIpc) is 2.93. The molecule has 0 aromatic carbocycles. The van der Waals surface area contributed by atoms with Crippen molar-refractivity contribution in [3.05, 3.63) is 4.91 Å². The molecule has 0 aliphatic rings. The zero-order chi connectivity index (χ0) is 32.8. The normalized spacial score (nSPS) is 14.4. The molecule has 4 atom stereocenters. The van der Waals surface area contributed by atoms with E-state index in [1.165, 1.54) is 19.3 Å². The fourth-order valence-corrected chi connectivity index (χ4v) is 4.41. The van der Waals surface area contributed by atoms with Crippen molar-refractivity contribution in [1.82, 2.24) is 16.0 Å². The number of aliphatic carboxylic acids is 2. The molecule has 0 bridgehead atoms. The molecule has 0 fully saturated rings. The van der Waals surface area contributed by atoms with E-state index in [0.29, 0.717) is 6.42 Å². The second-order valence-electron chi connectivity index (χ2n) is 11.3. The zero-order valence-electron chi connectivity index (χ0n) is 25.9. The summed E-state index contributed by atoms with van der Waals surface area (Å²) < 4.78 is 0.825. The van der Waals surface area contributed by atoms with Gasteiger partial charge in [-0.3, -0.25) is 24.2 Å². The third-order valence-electron chi connectivity index (χ3n) is 7.43. The Hall–Kier alpha value is -3.42. The summed E-state index contributed by atoms with van der Waals surface area (Å²) in [6.45, 7) is 8.71. The van der Waals surface area contributed by atoms with E-state index in [1.807, 2.05) is 6.92 Å². The molecule has 0 saturated carbocycles. The van der Waals surface area contributed by atoms with E-state index in [-0.39, 0.29) is 51.7 Å². The van der Waals surface area contributed by atoms with Crippen molar-refractivity contribution in [2.75, 3.05) is 26.2 Å². The van der Waals surface area contributed by atoms with Crippen LogP contribution in [0.3, 0.4) is 0 Å². The van der Waals surface area contributed by atoms with E-state index in [1.54, 1.807) is 6.92 Å². The van der Waals surface area contributed by atoms with Crippen molar-refractivity contribution in [2.45, 2.75) is 116 Å². The highest BCUT2D eigenvalue weighted by Crippen LogP contribution is 2.29. The molecule has 0 aromatic rings. The molecule has 6 N–H and O–H groups in total. The lowest BCUT2D eigenvalue weighted by Gasteiger charge is -2.28. The van der Waals surface area contributed by atoms with Gasteiger partial charge in [0.25, 0.3) is 0 Å². The van der Waals surface area contributed by atoms with Gasteiger partial charge in [0.1, 0.15) is 12.1 Å². The number of carbonyl (C=O) groups excluding carboxylic acids is 3. The number of aliphatic imine (C=N–C) groups is 1. The molecule has 0 aliphatic heterocycles. The number of carboxylic acid groups (broad SMARTS) is 2. The van der Waals surface area contributed by atoms with E-state index >= 15 is 0 Å². The number of carbonyl (C=O) groups is 5. The molecule has 0 aliphatic carbocycles. The first-order valence-corrected chi connectivity index (χ1v) is 15.1. The fourth-order valence-electron chi connectivity index (χ4n) is 4.41. The molecular formula is C29H52N5O9+. The molecule has 4 unspecified atom stereocenters. The van der Waals surface area contributed by atoms with Crippen LogP contribution in [0.25, 0.3) is 0 Å². The maximum atomic E-state index is 12.7. The quantitative estimate of drug-likeness (QED) is 0.0475. The third kappa shape index (κ3) is 18.7. The number of nitroso groups, excluding NO2 is 1. The highest BCUT2D eigenvalue weighted by atomic mass is 16.4. The number of rotatable bonds is 26. The van der Waals surface area contributed by atoms with Gasteiger partial charge in [0.2, 0.25) is 17.7 Å². The first-order chi connectivity index (χ1) is 20.2. The Morgan fingerprint density at radius 2 is 1.58 bits per heavy atom. The molecule has 43 heavy (non-hydrogen) atoms. The van der Waals surface area contributed by atoms with Crippen LogP contribution < -0.4 is 16.0 Å². The Morgan fingerprint density at radius 1 is 0.930 bits per heavy atom. The highest BCUT2D eigenvalue weighted by molar-refractivity contribution is 5.88. The molecule has 0 saturated heterocycles. The molecule has 14 heteroatoms. The van der Waals surface area contributed by atoms with Crippen molar-refractivity contribution in [3.8, 4) is 0 Å². The molecule has 0 rings (SSSR count). The van der Waals surface area contributed by atoms with Gasteiger partial charge < -0.3 is 31.3 Å². The topological polar surface area (TPSA) is 215 Å². The number of carboxylic acids is 2. The number of nitrogens with zero attached hydrogens (tertiary/aromatic N) is 2. The lowest BCUT2D eigenvalue weighted by Crippen LogP contribution is -2.45. The minimum Gasteiger partial charge on any atom is -0.481 e. The van der Waals surface area contributed by atoms with Crippen LogP contribution in [0.5, 0.6) is 0 Å². The summed E-state index contributed by atoms with van der Waals surface area (Å²) in [4.78, 5) is 74.8. The van der Waals surface area contributed by atoms with Crippen molar-refractivity contribution >= 4 is 36.4 Å². The SMILES string of the molecule is C=NC(CC[N+](=O)CC(C)(CCCCCCCC)C(C)O)C(=O)NCC(=O)NCCC(NC(=O)CCCC(=O)O)C(=O)O. The summed E-state index contributed by atoms with van der Waals surface area (Å²) in [5.74, 6) is -4.17. The summed E-state index contributed by atoms with van der Waals surface area (Å²) in [6, 6.07) is -2.24. The molecule has 3 amide bonds. The number of nitrogens with one attached hydrogen (secondary N) is 3. The number of amides is 3. The van der Waals surface area contributed by atoms with Gasteiger partial charge in [-0.1, -0.05) is 52.4 Å². The molecule has 0 aromatic heterocycles. The Balaban J connectivity index is 4.56. The van der Waals surface area contributed by atoms with Crippen LogP contribution in [0, 0.1) is 10.3 Å². The Bertz CT molecular complexity index is 928. The van der Waals surface area contributed by atoms with Gasteiger partial charge >= 0.3 is 11.9 Å². The summed E-state index contributed by atoms with van der Waals surface area (Å²) >= 11 is 0. The van der Waals surface area contributed by atoms with E-state index in [9.17, 15) is 39.1 Å². The van der Waals surface area contributed by atoms with E-state index in [4.69, 9.17) is 5.11 Å². The number of hydrogen-bond acceptors (Lipinski definition) is 8. The molecule has 0 heterocycles. The maximum absolute atomic E-state index is 12.7. The zero-order valence-corrected chi connectivity index (χ0v) is 25.9. The molecule has 0 spiro atoms. The molecule has 14 nitrogen and oxygen atoms in total. The Kier molecular flexibility index (Phi) is 20.4. The highest BCUT2D eigenvalue weighted by Gasteiger charge is 2.37. The first-order valence-electron chi connectivity index (χ1n) is 15.1. The lowest BCUT2D eigenvalue weighted by atomic mass is 9.79. The van der Waals surface area contributed by atoms with Gasteiger partial charge in [0.05, 0.1) is 18.1 Å². The standard InChI is InChI=1S/C29H51N5O9/c1-5-6-7-8-9-10-16-29(3,21(2)35)20-34(43)18-15-22(30-4)27(40)32-19-25(37)31-17-14-23(28(41)42)33-24(36)12-11-13-26(38)39/h21-23,35H,4-20H2,1-3H3,(H4-,31,32,33,36,37,38,39,40,41,42)/p+1. The number of aliphatic hydroxyl groups excluding tert-OH is 1. The summed E-state index contributed by atoms with van der Waals surface area (Å²) in [6.07, 6.45) is 6.32. The average molecular weight is 615 g/mol. The van der Waals surface area contributed by atoms with Gasteiger partial charge in [-0.25, -0.2) is 4.79 Å². The van der Waals surface area contributed by atoms with E-state index in [2.05, 4.69) is 34.6 Å². The van der Waals surface area contributed by atoms with Crippen LogP contribution in [0.15, 0.2) is 4.99 Å². The van der Waals surface area contributed by atoms with Crippen LogP contribution in [-0.2, 0) is 24.0 Å². The van der Waals surface area contributed by atoms with Gasteiger partial charge in [-0.15, -0.1) is 0 Å². The second-order valence-corrected chi connectivity index (χ2v) is 11.3. The van der Waals surface area contributed by atoms with Gasteiger partial charge in [-0.2, -0.15) is 0 Å². The minimum absolute atomic E-state index is 0.0132. The maximum Gasteiger partial charge on any atom is 0.326 e. The van der Waals surface area contributed by atoms with Crippen molar-refractivity contribution < 1.29 is 44.1 Å². The number of aliphatic hydroxyl groups is 1. The predicted octanol–water partition coefficient (Wildman–Crippen LogP) is 1.81.